The molecule has 0 aliphatic carbocycles. The Hall–Kier alpha value is -1.82. The topological polar surface area (TPSA) is 33.2 Å². The van der Waals surface area contributed by atoms with Crippen LogP contribution in [0.5, 0.6) is 0 Å². The van der Waals surface area contributed by atoms with Crippen molar-refractivity contribution in [2.24, 2.45) is 5.92 Å². The molecule has 1 aliphatic rings. The molecule has 1 fully saturated rings. The third-order valence-corrected chi connectivity index (χ3v) is 4.88. The van der Waals surface area contributed by atoms with E-state index in [1.165, 1.54) is 23.5 Å². The van der Waals surface area contributed by atoms with Gasteiger partial charge in [-0.2, -0.15) is 0 Å². The van der Waals surface area contributed by atoms with E-state index in [0.29, 0.717) is 30.0 Å². The zero-order chi connectivity index (χ0) is 15.7. The molecule has 0 saturated carbocycles. The number of aryl methyl sites for hydroxylation is 1. The standard InChI is InChI=1S/C16H16F2N2OS/c1-10-15(22-9-19-10)16(21)20-3-2-11(8-20)4-12-5-13(17)7-14(18)6-12/h5-7,9,11H,2-4,8H2,1H3. The van der Waals surface area contributed by atoms with Gasteiger partial charge < -0.3 is 4.90 Å². The lowest BCUT2D eigenvalue weighted by molar-refractivity contribution is 0.0791. The van der Waals surface area contributed by atoms with Crippen LogP contribution < -0.4 is 0 Å². The SMILES string of the molecule is Cc1ncsc1C(=O)N1CCC(Cc2cc(F)cc(F)c2)C1. The molecule has 1 atom stereocenters. The molecule has 2 heterocycles. The number of thiazole rings is 1. The number of aromatic nitrogens is 1. The number of halogens is 2. The van der Waals surface area contributed by atoms with Crippen molar-refractivity contribution in [1.29, 1.82) is 0 Å². The predicted octanol–water partition coefficient (Wildman–Crippen LogP) is 3.43. The summed E-state index contributed by atoms with van der Waals surface area (Å²) in [6.45, 7) is 3.12. The number of amides is 1. The molecule has 1 amide bonds. The predicted molar refractivity (Wildman–Crippen MR) is 80.9 cm³/mol. The summed E-state index contributed by atoms with van der Waals surface area (Å²) in [7, 11) is 0. The molecule has 2 aromatic rings. The quantitative estimate of drug-likeness (QED) is 0.867. The summed E-state index contributed by atoms with van der Waals surface area (Å²) < 4.78 is 26.5. The monoisotopic (exact) mass is 322 g/mol. The van der Waals surface area contributed by atoms with Gasteiger partial charge in [-0.05, 0) is 43.4 Å². The molecule has 1 unspecified atom stereocenters. The number of rotatable bonds is 3. The lowest BCUT2D eigenvalue weighted by Crippen LogP contribution is -2.28. The fourth-order valence-electron chi connectivity index (χ4n) is 2.90. The van der Waals surface area contributed by atoms with Crippen molar-refractivity contribution in [1.82, 2.24) is 9.88 Å². The molecule has 1 saturated heterocycles. The van der Waals surface area contributed by atoms with Gasteiger partial charge in [0, 0.05) is 19.2 Å². The van der Waals surface area contributed by atoms with Gasteiger partial charge in [0.15, 0.2) is 0 Å². The minimum absolute atomic E-state index is 0.00734. The molecule has 1 aliphatic heterocycles. The molecule has 0 radical (unpaired) electrons. The molecule has 0 spiro atoms. The van der Waals surface area contributed by atoms with Crippen LogP contribution in [0.1, 0.15) is 27.3 Å². The Morgan fingerprint density at radius 2 is 2.09 bits per heavy atom. The van der Waals surface area contributed by atoms with Crippen LogP contribution in [0, 0.1) is 24.5 Å². The van der Waals surface area contributed by atoms with Crippen molar-refractivity contribution in [3.05, 3.63) is 51.5 Å². The van der Waals surface area contributed by atoms with Crippen molar-refractivity contribution in [2.45, 2.75) is 19.8 Å². The molecule has 6 heteroatoms. The third-order valence-electron chi connectivity index (χ3n) is 3.96. The smallest absolute Gasteiger partial charge is 0.265 e. The summed E-state index contributed by atoms with van der Waals surface area (Å²) >= 11 is 1.35. The van der Waals surface area contributed by atoms with E-state index in [1.54, 1.807) is 10.4 Å². The molecule has 22 heavy (non-hydrogen) atoms. The highest BCUT2D eigenvalue weighted by Gasteiger charge is 2.28. The van der Waals surface area contributed by atoms with Crippen LogP contribution >= 0.6 is 11.3 Å². The van der Waals surface area contributed by atoms with Crippen molar-refractivity contribution in [3.63, 3.8) is 0 Å². The Bertz CT molecular complexity index is 681. The van der Waals surface area contributed by atoms with Crippen LogP contribution in [0.3, 0.4) is 0 Å². The van der Waals surface area contributed by atoms with Crippen LogP contribution in [0.2, 0.25) is 0 Å². The second-order valence-corrected chi connectivity index (χ2v) is 6.51. The van der Waals surface area contributed by atoms with Gasteiger partial charge in [-0.15, -0.1) is 11.3 Å². The molecular weight excluding hydrogens is 306 g/mol. The number of carbonyl (C=O) groups is 1. The van der Waals surface area contributed by atoms with Gasteiger partial charge in [-0.25, -0.2) is 13.8 Å². The van der Waals surface area contributed by atoms with Crippen molar-refractivity contribution in [2.75, 3.05) is 13.1 Å². The van der Waals surface area contributed by atoms with Crippen LogP contribution in [-0.2, 0) is 6.42 Å². The van der Waals surface area contributed by atoms with Gasteiger partial charge in [-0.3, -0.25) is 4.79 Å². The van der Waals surface area contributed by atoms with Gasteiger partial charge in [0.05, 0.1) is 11.2 Å². The van der Waals surface area contributed by atoms with E-state index in [1.807, 2.05) is 6.92 Å². The molecule has 1 aromatic heterocycles. The Kier molecular flexibility index (Phi) is 4.20. The van der Waals surface area contributed by atoms with Gasteiger partial charge in [0.25, 0.3) is 5.91 Å². The number of hydrogen-bond donors (Lipinski definition) is 0. The van der Waals surface area contributed by atoms with Crippen LogP contribution in [0.4, 0.5) is 8.78 Å². The highest BCUT2D eigenvalue weighted by molar-refractivity contribution is 7.11. The zero-order valence-corrected chi connectivity index (χ0v) is 13.0. The maximum absolute atomic E-state index is 13.2. The number of nitrogens with zero attached hydrogens (tertiary/aromatic N) is 2. The van der Waals surface area contributed by atoms with Crippen LogP contribution in [0.25, 0.3) is 0 Å². The summed E-state index contributed by atoms with van der Waals surface area (Å²) in [5, 5.41) is 0. The first-order chi connectivity index (χ1) is 10.5. The average molecular weight is 322 g/mol. The van der Waals surface area contributed by atoms with E-state index < -0.39 is 11.6 Å². The Morgan fingerprint density at radius 3 is 2.73 bits per heavy atom. The van der Waals surface area contributed by atoms with Gasteiger partial charge >= 0.3 is 0 Å². The van der Waals surface area contributed by atoms with E-state index in [2.05, 4.69) is 4.98 Å². The number of carbonyl (C=O) groups excluding carboxylic acids is 1. The lowest BCUT2D eigenvalue weighted by Gasteiger charge is -2.16. The van der Waals surface area contributed by atoms with E-state index in [4.69, 9.17) is 0 Å². The molecule has 3 nitrogen and oxygen atoms in total. The third kappa shape index (κ3) is 3.16. The number of hydrogen-bond acceptors (Lipinski definition) is 3. The van der Waals surface area contributed by atoms with E-state index in [-0.39, 0.29) is 11.8 Å². The van der Waals surface area contributed by atoms with E-state index in [0.717, 1.165) is 18.2 Å². The zero-order valence-electron chi connectivity index (χ0n) is 12.2. The molecule has 1 aromatic carbocycles. The maximum atomic E-state index is 13.2. The highest BCUT2D eigenvalue weighted by atomic mass is 32.1. The molecule has 0 N–H and O–H groups in total. The summed E-state index contributed by atoms with van der Waals surface area (Å²) in [6, 6.07) is 3.60. The summed E-state index contributed by atoms with van der Waals surface area (Å²) in [6.07, 6.45) is 1.43. The largest absolute Gasteiger partial charge is 0.338 e. The molecular formula is C16H16F2N2OS. The van der Waals surface area contributed by atoms with Gasteiger partial charge in [0.2, 0.25) is 0 Å². The number of benzene rings is 1. The Labute approximate surface area is 131 Å². The highest BCUT2D eigenvalue weighted by Crippen LogP contribution is 2.25. The fraction of sp³-hybridized carbons (Fsp3) is 0.375. The van der Waals surface area contributed by atoms with Crippen molar-refractivity contribution >= 4 is 17.2 Å². The first kappa shape index (κ1) is 15.1. The van der Waals surface area contributed by atoms with Crippen molar-refractivity contribution in [3.8, 4) is 0 Å². The number of likely N-dealkylation sites (tertiary alicyclic amines) is 1. The van der Waals surface area contributed by atoms with Gasteiger partial charge in [-0.1, -0.05) is 0 Å². The average Bonchev–Trinajstić information content (AvgIpc) is 3.06. The molecule has 116 valence electrons. The minimum Gasteiger partial charge on any atom is -0.338 e. The van der Waals surface area contributed by atoms with E-state index in [9.17, 15) is 13.6 Å². The fourth-order valence-corrected chi connectivity index (χ4v) is 3.67. The van der Waals surface area contributed by atoms with E-state index >= 15 is 0 Å². The summed E-state index contributed by atoms with van der Waals surface area (Å²) in [4.78, 5) is 19.0. The second-order valence-electron chi connectivity index (χ2n) is 5.65. The van der Waals surface area contributed by atoms with Crippen LogP contribution in [-0.4, -0.2) is 28.9 Å². The van der Waals surface area contributed by atoms with Crippen molar-refractivity contribution < 1.29 is 13.6 Å². The minimum atomic E-state index is -0.554. The summed E-state index contributed by atoms with van der Waals surface area (Å²) in [5.74, 6) is -0.867. The second kappa shape index (κ2) is 6.12. The maximum Gasteiger partial charge on any atom is 0.265 e. The first-order valence-corrected chi connectivity index (χ1v) is 8.05. The lowest BCUT2D eigenvalue weighted by atomic mass is 9.98. The Morgan fingerprint density at radius 1 is 1.36 bits per heavy atom. The molecule has 0 bridgehead atoms. The Balaban J connectivity index is 1.65. The molecule has 3 rings (SSSR count). The van der Waals surface area contributed by atoms with Crippen LogP contribution in [0.15, 0.2) is 23.7 Å². The normalized spacial score (nSPS) is 18.0. The first-order valence-electron chi connectivity index (χ1n) is 7.17. The van der Waals surface area contributed by atoms with Gasteiger partial charge in [0.1, 0.15) is 16.5 Å². The summed E-state index contributed by atoms with van der Waals surface area (Å²) in [5.41, 5.74) is 3.07.